The second-order valence-corrected chi connectivity index (χ2v) is 6.89. The van der Waals surface area contributed by atoms with E-state index >= 15 is 0 Å². The molecule has 0 aliphatic rings. The summed E-state index contributed by atoms with van der Waals surface area (Å²) < 4.78 is 4.95. The van der Waals surface area contributed by atoms with Crippen LogP contribution < -0.4 is 5.32 Å². The fraction of sp³-hybridized carbons (Fsp3) is 0.190. The van der Waals surface area contributed by atoms with Crippen molar-refractivity contribution in [1.29, 1.82) is 0 Å². The molecular formula is C21H18Cl2N2O3. The lowest BCUT2D eigenvalue weighted by molar-refractivity contribution is -0.143. The first-order valence-electron chi connectivity index (χ1n) is 8.78. The average Bonchev–Trinajstić information content (AvgIpc) is 2.66. The minimum absolute atomic E-state index is 0.217. The third kappa shape index (κ3) is 4.61. The highest BCUT2D eigenvalue weighted by molar-refractivity contribution is 6.40. The molecule has 3 rings (SSSR count). The van der Waals surface area contributed by atoms with Crippen molar-refractivity contribution in [1.82, 2.24) is 4.98 Å². The zero-order valence-corrected chi connectivity index (χ0v) is 16.7. The molecule has 0 aliphatic carbocycles. The van der Waals surface area contributed by atoms with Crippen LogP contribution >= 0.6 is 23.2 Å². The number of amides is 1. The van der Waals surface area contributed by atoms with E-state index in [0.717, 1.165) is 10.9 Å². The third-order valence-corrected chi connectivity index (χ3v) is 4.76. The van der Waals surface area contributed by atoms with Gasteiger partial charge >= 0.3 is 5.97 Å². The monoisotopic (exact) mass is 416 g/mol. The SMILES string of the molecule is CCOC(=O)CCc1cnc2c(NC(=O)c3c(Cl)cccc3Cl)cccc2c1. The molecule has 1 aromatic heterocycles. The Morgan fingerprint density at radius 1 is 1.11 bits per heavy atom. The molecule has 0 spiro atoms. The number of nitrogens with one attached hydrogen (secondary N) is 1. The van der Waals surface area contributed by atoms with E-state index in [0.29, 0.717) is 30.7 Å². The molecule has 144 valence electrons. The maximum Gasteiger partial charge on any atom is 0.306 e. The number of anilines is 1. The Morgan fingerprint density at radius 2 is 1.82 bits per heavy atom. The number of pyridine rings is 1. The molecule has 0 atom stereocenters. The van der Waals surface area contributed by atoms with Gasteiger partial charge in [-0.15, -0.1) is 0 Å². The molecule has 0 saturated carbocycles. The molecule has 0 saturated heterocycles. The number of para-hydroxylation sites is 1. The second-order valence-electron chi connectivity index (χ2n) is 6.08. The molecule has 0 bridgehead atoms. The lowest BCUT2D eigenvalue weighted by Crippen LogP contribution is -2.13. The highest BCUT2D eigenvalue weighted by atomic mass is 35.5. The van der Waals surface area contributed by atoms with Crippen LogP contribution in [0.4, 0.5) is 5.69 Å². The normalized spacial score (nSPS) is 10.7. The molecule has 1 heterocycles. The summed E-state index contributed by atoms with van der Waals surface area (Å²) in [6.45, 7) is 2.15. The number of aromatic nitrogens is 1. The standard InChI is InChI=1S/C21H18Cl2N2O3/c1-2-28-18(26)10-9-13-11-14-5-3-8-17(20(14)24-12-13)25-21(27)19-15(22)6-4-7-16(19)23/h3-8,11-12H,2,9-10H2,1H3,(H,25,27). The van der Waals surface area contributed by atoms with E-state index in [4.69, 9.17) is 27.9 Å². The van der Waals surface area contributed by atoms with Crippen molar-refractivity contribution in [2.75, 3.05) is 11.9 Å². The number of hydrogen-bond donors (Lipinski definition) is 1. The number of halogens is 2. The van der Waals surface area contributed by atoms with Crippen LogP contribution in [0.25, 0.3) is 10.9 Å². The van der Waals surface area contributed by atoms with Crippen LogP contribution in [0.15, 0.2) is 48.7 Å². The van der Waals surface area contributed by atoms with Crippen molar-refractivity contribution in [3.63, 3.8) is 0 Å². The van der Waals surface area contributed by atoms with Gasteiger partial charge in [0.25, 0.3) is 5.91 Å². The van der Waals surface area contributed by atoms with Crippen molar-refractivity contribution >= 4 is 51.7 Å². The summed E-state index contributed by atoms with van der Waals surface area (Å²) in [4.78, 5) is 28.6. The van der Waals surface area contributed by atoms with Crippen LogP contribution in [-0.4, -0.2) is 23.5 Å². The Balaban J connectivity index is 1.83. The minimum atomic E-state index is -0.406. The van der Waals surface area contributed by atoms with E-state index in [-0.39, 0.29) is 21.6 Å². The highest BCUT2D eigenvalue weighted by Crippen LogP contribution is 2.27. The van der Waals surface area contributed by atoms with Gasteiger partial charge in [0.15, 0.2) is 0 Å². The Bertz CT molecular complexity index is 1020. The summed E-state index contributed by atoms with van der Waals surface area (Å²) in [5, 5.41) is 4.23. The minimum Gasteiger partial charge on any atom is -0.466 e. The first-order valence-corrected chi connectivity index (χ1v) is 9.54. The molecule has 2 aromatic carbocycles. The van der Waals surface area contributed by atoms with E-state index in [9.17, 15) is 9.59 Å². The lowest BCUT2D eigenvalue weighted by Gasteiger charge is -2.11. The van der Waals surface area contributed by atoms with Crippen molar-refractivity contribution in [2.24, 2.45) is 0 Å². The zero-order chi connectivity index (χ0) is 20.1. The van der Waals surface area contributed by atoms with Gasteiger partial charge in [0.05, 0.1) is 33.4 Å². The first kappa shape index (κ1) is 20.1. The summed E-state index contributed by atoms with van der Waals surface area (Å²) in [5.41, 5.74) is 2.32. The van der Waals surface area contributed by atoms with E-state index in [1.165, 1.54) is 0 Å². The van der Waals surface area contributed by atoms with E-state index in [1.54, 1.807) is 37.4 Å². The number of nitrogens with zero attached hydrogens (tertiary/aromatic N) is 1. The van der Waals surface area contributed by atoms with Crippen LogP contribution in [0.2, 0.25) is 10.0 Å². The van der Waals surface area contributed by atoms with E-state index < -0.39 is 5.91 Å². The maximum atomic E-state index is 12.6. The van der Waals surface area contributed by atoms with E-state index in [1.807, 2.05) is 18.2 Å². The Kier molecular flexibility index (Phi) is 6.49. The van der Waals surface area contributed by atoms with Gasteiger partial charge in [-0.1, -0.05) is 41.4 Å². The average molecular weight is 417 g/mol. The van der Waals surface area contributed by atoms with Crippen LogP contribution in [-0.2, 0) is 16.0 Å². The van der Waals surface area contributed by atoms with Gasteiger partial charge in [0.2, 0.25) is 0 Å². The smallest absolute Gasteiger partial charge is 0.306 e. The van der Waals surface area contributed by atoms with Gasteiger partial charge in [-0.3, -0.25) is 14.6 Å². The Morgan fingerprint density at radius 3 is 2.54 bits per heavy atom. The molecule has 7 heteroatoms. The van der Waals surface area contributed by atoms with Gasteiger partial charge < -0.3 is 10.1 Å². The van der Waals surface area contributed by atoms with Gasteiger partial charge in [-0.2, -0.15) is 0 Å². The summed E-state index contributed by atoms with van der Waals surface area (Å²) >= 11 is 12.2. The molecule has 3 aromatic rings. The van der Waals surface area contributed by atoms with E-state index in [2.05, 4.69) is 10.3 Å². The summed E-state index contributed by atoms with van der Waals surface area (Å²) in [7, 11) is 0. The molecule has 1 amide bonds. The summed E-state index contributed by atoms with van der Waals surface area (Å²) in [6, 6.07) is 12.3. The third-order valence-electron chi connectivity index (χ3n) is 4.13. The molecule has 0 radical (unpaired) electrons. The molecular weight excluding hydrogens is 399 g/mol. The molecule has 0 unspecified atom stereocenters. The number of esters is 1. The Labute approximate surface area is 172 Å². The van der Waals surface area contributed by atoms with Crippen molar-refractivity contribution < 1.29 is 14.3 Å². The molecule has 0 fully saturated rings. The number of carbonyl (C=O) groups excluding carboxylic acids is 2. The highest BCUT2D eigenvalue weighted by Gasteiger charge is 2.16. The largest absolute Gasteiger partial charge is 0.466 e. The van der Waals surface area contributed by atoms with Crippen molar-refractivity contribution in [2.45, 2.75) is 19.8 Å². The predicted octanol–water partition coefficient (Wildman–Crippen LogP) is 5.29. The van der Waals surface area contributed by atoms with Crippen LogP contribution in [0, 0.1) is 0 Å². The fourth-order valence-corrected chi connectivity index (χ4v) is 3.39. The van der Waals surface area contributed by atoms with Crippen molar-refractivity contribution in [3.05, 3.63) is 69.8 Å². The number of carbonyl (C=O) groups is 2. The first-order chi connectivity index (χ1) is 13.5. The fourth-order valence-electron chi connectivity index (χ4n) is 2.82. The summed E-state index contributed by atoms with van der Waals surface area (Å²) in [6.07, 6.45) is 2.52. The van der Waals surface area contributed by atoms with Crippen molar-refractivity contribution in [3.8, 4) is 0 Å². The van der Waals surface area contributed by atoms with Crippen LogP contribution in [0.1, 0.15) is 29.3 Å². The Hall–Kier alpha value is -2.63. The predicted molar refractivity (Wildman–Crippen MR) is 111 cm³/mol. The number of aryl methyl sites for hydroxylation is 1. The number of hydrogen-bond acceptors (Lipinski definition) is 4. The molecule has 0 aliphatic heterocycles. The second kappa shape index (κ2) is 9.04. The van der Waals surface area contributed by atoms with Crippen LogP contribution in [0.5, 0.6) is 0 Å². The van der Waals surface area contributed by atoms with Gasteiger partial charge in [-0.25, -0.2) is 0 Å². The molecule has 1 N–H and O–H groups in total. The quantitative estimate of drug-likeness (QED) is 0.554. The lowest BCUT2D eigenvalue weighted by atomic mass is 10.1. The number of benzene rings is 2. The van der Waals surface area contributed by atoms with Gasteiger partial charge in [0.1, 0.15) is 0 Å². The van der Waals surface area contributed by atoms with Crippen LogP contribution in [0.3, 0.4) is 0 Å². The zero-order valence-electron chi connectivity index (χ0n) is 15.2. The topological polar surface area (TPSA) is 68.3 Å². The van der Waals surface area contributed by atoms with Gasteiger partial charge in [-0.05, 0) is 43.2 Å². The van der Waals surface area contributed by atoms with Gasteiger partial charge in [0, 0.05) is 18.0 Å². The summed E-state index contributed by atoms with van der Waals surface area (Å²) in [5.74, 6) is -0.642. The number of fused-ring (bicyclic) bond motifs is 1. The number of ether oxygens (including phenoxy) is 1. The molecule has 5 nitrogen and oxygen atoms in total. The maximum absolute atomic E-state index is 12.6. The number of rotatable bonds is 6. The molecule has 28 heavy (non-hydrogen) atoms.